The molecule has 106 heavy (non-hydrogen) atoms. The van der Waals surface area contributed by atoms with Gasteiger partial charge in [-0.1, -0.05) is 325 Å². The molecule has 0 unspecified atom stereocenters. The SMILES string of the molecule is Brc1cccc(-c2ccc3oc4c5ccccc5c5ccccc5c4c3c2)c1.OB(O)c1c2ccccc2c(-c2ccc3ccccc3c2)c2ccccc12.c1cc(-c2ccc3oc4c5ccccc5c5ccccc5c4c3c2)cc(-c2c3ccccc3c(-c3ccc4ccccc4c3)c3ccccc23)c1. The van der Waals surface area contributed by atoms with Gasteiger partial charge in [0.25, 0.3) is 0 Å². The lowest BCUT2D eigenvalue weighted by Crippen LogP contribution is -2.31. The third-order valence-electron chi connectivity index (χ3n) is 21.6. The van der Waals surface area contributed by atoms with Gasteiger partial charge >= 0.3 is 7.12 Å². The Bertz CT molecular complexity index is 7240. The minimum Gasteiger partial charge on any atom is -0.455 e. The van der Waals surface area contributed by atoms with Gasteiger partial charge in [0.1, 0.15) is 22.3 Å². The molecule has 2 heterocycles. The zero-order valence-corrected chi connectivity index (χ0v) is 58.9. The van der Waals surface area contributed by atoms with Gasteiger partial charge in [0.05, 0.1) is 0 Å². The van der Waals surface area contributed by atoms with Crippen LogP contribution in [0.4, 0.5) is 0 Å². The van der Waals surface area contributed by atoms with E-state index in [0.717, 1.165) is 81.0 Å². The Morgan fingerprint density at radius 2 is 0.500 bits per heavy atom. The summed E-state index contributed by atoms with van der Waals surface area (Å²) < 4.78 is 14.1. The first-order valence-electron chi connectivity index (χ1n) is 35.9. The third-order valence-corrected chi connectivity index (χ3v) is 22.1. The van der Waals surface area contributed by atoms with E-state index in [1.807, 2.05) is 48.5 Å². The Morgan fingerprint density at radius 3 is 0.906 bits per heavy atom. The Morgan fingerprint density at radius 1 is 0.208 bits per heavy atom. The fourth-order valence-corrected chi connectivity index (χ4v) is 17.3. The quantitative estimate of drug-likeness (QED) is 0.0989. The summed E-state index contributed by atoms with van der Waals surface area (Å²) in [7, 11) is -1.52. The zero-order chi connectivity index (χ0) is 70.5. The van der Waals surface area contributed by atoms with E-state index in [9.17, 15) is 10.0 Å². The summed E-state index contributed by atoms with van der Waals surface area (Å²) in [5, 5.41) is 48.3. The maximum atomic E-state index is 10.1. The molecule has 0 aliphatic carbocycles. The lowest BCUT2D eigenvalue weighted by atomic mass is 9.72. The molecular formula is C100H62BBrO4. The summed E-state index contributed by atoms with van der Waals surface area (Å²) in [4.78, 5) is 0. The topological polar surface area (TPSA) is 66.7 Å². The van der Waals surface area contributed by atoms with Crippen LogP contribution in [0.3, 0.4) is 0 Å². The van der Waals surface area contributed by atoms with Crippen LogP contribution in [0.5, 0.6) is 0 Å². The van der Waals surface area contributed by atoms with Crippen molar-refractivity contribution >= 4 is 180 Å². The highest BCUT2D eigenvalue weighted by atomic mass is 79.9. The minimum atomic E-state index is -1.52. The monoisotopic (exact) mass is 1420 g/mol. The van der Waals surface area contributed by atoms with E-state index in [2.05, 4.69) is 331 Å². The Kier molecular flexibility index (Phi) is 15.3. The van der Waals surface area contributed by atoms with Gasteiger partial charge < -0.3 is 18.9 Å². The molecule has 22 rings (SSSR count). The average Bonchev–Trinajstić information content (AvgIpc) is 1.30. The first-order valence-corrected chi connectivity index (χ1v) is 36.7. The van der Waals surface area contributed by atoms with Gasteiger partial charge in [-0.2, -0.15) is 0 Å². The first-order chi connectivity index (χ1) is 52.3. The molecule has 0 saturated carbocycles. The van der Waals surface area contributed by atoms with Crippen molar-refractivity contribution in [3.05, 3.63) is 368 Å². The van der Waals surface area contributed by atoms with Gasteiger partial charge in [0.2, 0.25) is 0 Å². The highest BCUT2D eigenvalue weighted by molar-refractivity contribution is 9.10. The Balaban J connectivity index is 0.000000115. The van der Waals surface area contributed by atoms with Crippen LogP contribution < -0.4 is 5.46 Å². The van der Waals surface area contributed by atoms with Crippen LogP contribution >= 0.6 is 15.9 Å². The molecule has 4 nitrogen and oxygen atoms in total. The predicted octanol–water partition coefficient (Wildman–Crippen LogP) is 27.2. The standard InChI is InChI=1S/C50H30O.C26H15BrO.C24H17BO2/c1-2-13-32-28-36(25-24-31(32)12-1)48-42-21-8-6-19-40(42)47(41-20-7-9-22-43(41)48)35-15-11-14-33(29-35)34-26-27-46-45(30-34)49-39-18-5-3-16-37(39)38-17-4-10-23-44(38)50(49)51-46;27-18-7-5-6-16(14-18)17-12-13-24-23(15-17)25-21-10-3-1-8-19(21)20-9-2-4-11-22(20)26(25)28-24;26-25(27)24-21-11-5-3-9-19(21)23(20-10-4-6-12-22(20)24)18-14-13-16-7-1-2-8-17(16)15-18/h1-30H;1-15H;1-15,26-27H. The van der Waals surface area contributed by atoms with Crippen LogP contribution in [-0.2, 0) is 0 Å². The molecule has 0 radical (unpaired) electrons. The molecule has 0 fully saturated rings. The lowest BCUT2D eigenvalue weighted by molar-refractivity contribution is 0.426. The molecule has 2 N–H and O–H groups in total. The fourth-order valence-electron chi connectivity index (χ4n) is 16.9. The van der Waals surface area contributed by atoms with Crippen LogP contribution in [0.1, 0.15) is 0 Å². The van der Waals surface area contributed by atoms with E-state index in [1.165, 1.54) is 131 Å². The lowest BCUT2D eigenvalue weighted by Gasteiger charge is -2.18. The number of fused-ring (bicyclic) bond motifs is 22. The summed E-state index contributed by atoms with van der Waals surface area (Å²) in [6, 6.07) is 129. The zero-order valence-electron chi connectivity index (χ0n) is 57.3. The van der Waals surface area contributed by atoms with E-state index in [1.54, 1.807) is 0 Å². The molecule has 0 amide bonds. The maximum Gasteiger partial charge on any atom is 0.489 e. The molecule has 0 aliphatic rings. The van der Waals surface area contributed by atoms with Crippen LogP contribution in [0.2, 0.25) is 0 Å². The second-order valence-corrected chi connectivity index (χ2v) is 28.4. The van der Waals surface area contributed by atoms with E-state index < -0.39 is 7.12 Å². The van der Waals surface area contributed by atoms with Gasteiger partial charge in [0.15, 0.2) is 0 Å². The number of furan rings is 2. The van der Waals surface area contributed by atoms with Gasteiger partial charge in [-0.05, 0) is 213 Å². The molecule has 0 spiro atoms. The minimum absolute atomic E-state index is 0.561. The van der Waals surface area contributed by atoms with E-state index >= 15 is 0 Å². The summed E-state index contributed by atoms with van der Waals surface area (Å²) in [6.45, 7) is 0. The van der Waals surface area contributed by atoms with Crippen molar-refractivity contribution in [3.8, 4) is 55.6 Å². The smallest absolute Gasteiger partial charge is 0.455 e. The highest BCUT2D eigenvalue weighted by Crippen LogP contribution is 2.48. The molecule has 0 bridgehead atoms. The Hall–Kier alpha value is -12.9. The number of halogens is 1. The van der Waals surface area contributed by atoms with Crippen molar-refractivity contribution < 1.29 is 18.9 Å². The van der Waals surface area contributed by atoms with Crippen LogP contribution in [0.25, 0.3) is 207 Å². The van der Waals surface area contributed by atoms with Gasteiger partial charge in [-0.3, -0.25) is 0 Å². The summed E-state index contributed by atoms with van der Waals surface area (Å²) >= 11 is 3.58. The summed E-state index contributed by atoms with van der Waals surface area (Å²) in [6.07, 6.45) is 0. The fraction of sp³-hybridized carbons (Fsp3) is 0. The van der Waals surface area contributed by atoms with Crippen LogP contribution in [0, 0.1) is 0 Å². The summed E-state index contributed by atoms with van der Waals surface area (Å²) in [5.41, 5.74) is 16.3. The van der Waals surface area contributed by atoms with E-state index in [0.29, 0.717) is 5.46 Å². The molecular weight excluding hydrogens is 1360 g/mol. The first kappa shape index (κ1) is 62.8. The molecule has 0 atom stereocenters. The van der Waals surface area contributed by atoms with Crippen LogP contribution in [-0.4, -0.2) is 17.2 Å². The molecule has 22 aromatic rings. The number of hydrogen-bond donors (Lipinski definition) is 2. The second-order valence-electron chi connectivity index (χ2n) is 27.5. The maximum absolute atomic E-state index is 10.1. The largest absolute Gasteiger partial charge is 0.489 e. The van der Waals surface area contributed by atoms with Gasteiger partial charge in [-0.15, -0.1) is 0 Å². The predicted molar refractivity (Wildman–Crippen MR) is 454 cm³/mol. The van der Waals surface area contributed by atoms with Crippen molar-refractivity contribution in [1.82, 2.24) is 0 Å². The number of benzene rings is 20. The molecule has 496 valence electrons. The molecule has 2 aromatic heterocycles. The number of hydrogen-bond acceptors (Lipinski definition) is 4. The molecule has 6 heteroatoms. The average molecular weight is 1420 g/mol. The van der Waals surface area contributed by atoms with Crippen molar-refractivity contribution in [2.75, 3.05) is 0 Å². The molecule has 0 aliphatic heterocycles. The third kappa shape index (κ3) is 10.5. The normalized spacial score (nSPS) is 11.7. The van der Waals surface area contributed by atoms with Crippen molar-refractivity contribution in [1.29, 1.82) is 0 Å². The van der Waals surface area contributed by atoms with Crippen molar-refractivity contribution in [2.24, 2.45) is 0 Å². The molecule has 0 saturated heterocycles. The second kappa shape index (κ2) is 25.8. The van der Waals surface area contributed by atoms with E-state index in [-0.39, 0.29) is 0 Å². The van der Waals surface area contributed by atoms with E-state index in [4.69, 9.17) is 8.83 Å². The van der Waals surface area contributed by atoms with Crippen LogP contribution in [0.15, 0.2) is 377 Å². The van der Waals surface area contributed by atoms with Gasteiger partial charge in [-0.25, -0.2) is 0 Å². The molecule has 20 aromatic carbocycles. The Labute approximate surface area is 618 Å². The van der Waals surface area contributed by atoms with Crippen molar-refractivity contribution in [2.45, 2.75) is 0 Å². The van der Waals surface area contributed by atoms with Crippen molar-refractivity contribution in [3.63, 3.8) is 0 Å². The number of rotatable bonds is 6. The van der Waals surface area contributed by atoms with Gasteiger partial charge in [0, 0.05) is 36.8 Å². The summed E-state index contributed by atoms with van der Waals surface area (Å²) in [5.74, 6) is 0. The highest BCUT2D eigenvalue weighted by Gasteiger charge is 2.24.